The molecular weight excluding hydrogens is 288 g/mol. The quantitative estimate of drug-likeness (QED) is 0.822. The van der Waals surface area contributed by atoms with Gasteiger partial charge in [-0.05, 0) is 33.5 Å². The molecule has 23 heavy (non-hydrogen) atoms. The van der Waals surface area contributed by atoms with Crippen LogP contribution in [0.5, 0.6) is 0 Å². The van der Waals surface area contributed by atoms with E-state index in [1.165, 1.54) is 0 Å². The molecule has 1 aromatic carbocycles. The maximum Gasteiger partial charge on any atom is 0.244 e. The SMILES string of the molecule is CCN(Cc1cnn(C)c1)C(=O)[C@H](c1cccc(C)c1)N(C)C. The van der Waals surface area contributed by atoms with Crippen LogP contribution in [0.1, 0.15) is 29.7 Å². The molecule has 0 radical (unpaired) electrons. The number of likely N-dealkylation sites (N-methyl/N-ethyl adjacent to an activating group) is 2. The Balaban J connectivity index is 2.24. The van der Waals surface area contributed by atoms with Crippen molar-refractivity contribution in [3.05, 3.63) is 53.3 Å². The summed E-state index contributed by atoms with van der Waals surface area (Å²) in [7, 11) is 5.78. The minimum absolute atomic E-state index is 0.118. The minimum atomic E-state index is -0.272. The molecule has 1 atom stereocenters. The summed E-state index contributed by atoms with van der Waals surface area (Å²) >= 11 is 0. The predicted octanol–water partition coefficient (Wildman–Crippen LogP) is 2.38. The van der Waals surface area contributed by atoms with Gasteiger partial charge in [0.05, 0.1) is 6.20 Å². The van der Waals surface area contributed by atoms with Gasteiger partial charge in [0.15, 0.2) is 0 Å². The second-order valence-corrected chi connectivity index (χ2v) is 6.15. The summed E-state index contributed by atoms with van der Waals surface area (Å²) in [5.41, 5.74) is 3.24. The first-order valence-corrected chi connectivity index (χ1v) is 7.91. The molecule has 0 fully saturated rings. The lowest BCUT2D eigenvalue weighted by molar-refractivity contribution is -0.136. The highest BCUT2D eigenvalue weighted by Crippen LogP contribution is 2.22. The van der Waals surface area contributed by atoms with Crippen LogP contribution in [-0.4, -0.2) is 46.1 Å². The van der Waals surface area contributed by atoms with E-state index in [9.17, 15) is 4.79 Å². The summed E-state index contributed by atoms with van der Waals surface area (Å²) in [5.74, 6) is 0.118. The number of amides is 1. The number of aromatic nitrogens is 2. The Kier molecular flexibility index (Phi) is 5.55. The third-order valence-electron chi connectivity index (χ3n) is 3.93. The van der Waals surface area contributed by atoms with Crippen molar-refractivity contribution in [1.82, 2.24) is 19.6 Å². The third kappa shape index (κ3) is 4.20. The maximum absolute atomic E-state index is 13.1. The van der Waals surface area contributed by atoms with E-state index in [1.807, 2.05) is 75.4 Å². The number of rotatable bonds is 6. The molecule has 2 rings (SSSR count). The van der Waals surface area contributed by atoms with Gasteiger partial charge in [-0.25, -0.2) is 0 Å². The highest BCUT2D eigenvalue weighted by Gasteiger charge is 2.27. The lowest BCUT2D eigenvalue weighted by Gasteiger charge is -2.30. The van der Waals surface area contributed by atoms with Crippen LogP contribution in [-0.2, 0) is 18.4 Å². The highest BCUT2D eigenvalue weighted by atomic mass is 16.2. The Morgan fingerprint density at radius 3 is 2.61 bits per heavy atom. The van der Waals surface area contributed by atoms with E-state index in [1.54, 1.807) is 4.68 Å². The Morgan fingerprint density at radius 2 is 2.09 bits per heavy atom. The molecule has 1 amide bonds. The second-order valence-electron chi connectivity index (χ2n) is 6.15. The zero-order valence-corrected chi connectivity index (χ0v) is 14.7. The van der Waals surface area contributed by atoms with Gasteiger partial charge in [-0.1, -0.05) is 29.8 Å². The molecule has 1 aromatic heterocycles. The summed E-state index contributed by atoms with van der Waals surface area (Å²) in [6.45, 7) is 5.31. The van der Waals surface area contributed by atoms with Gasteiger partial charge in [-0.2, -0.15) is 5.10 Å². The molecular formula is C18H26N4O. The summed E-state index contributed by atoms with van der Waals surface area (Å²) in [5, 5.41) is 4.18. The van der Waals surface area contributed by atoms with E-state index in [-0.39, 0.29) is 11.9 Å². The fourth-order valence-electron chi connectivity index (χ4n) is 2.79. The van der Waals surface area contributed by atoms with Crippen molar-refractivity contribution in [2.75, 3.05) is 20.6 Å². The molecule has 0 spiro atoms. The maximum atomic E-state index is 13.1. The van der Waals surface area contributed by atoms with Crippen molar-refractivity contribution in [3.8, 4) is 0 Å². The van der Waals surface area contributed by atoms with Gasteiger partial charge in [0.1, 0.15) is 6.04 Å². The molecule has 124 valence electrons. The fraction of sp³-hybridized carbons (Fsp3) is 0.444. The van der Waals surface area contributed by atoms with Crippen LogP contribution in [0.25, 0.3) is 0 Å². The monoisotopic (exact) mass is 314 g/mol. The topological polar surface area (TPSA) is 41.4 Å². The number of benzene rings is 1. The average molecular weight is 314 g/mol. The molecule has 0 unspecified atom stereocenters. The van der Waals surface area contributed by atoms with Crippen molar-refractivity contribution in [2.45, 2.75) is 26.4 Å². The van der Waals surface area contributed by atoms with Crippen LogP contribution in [0, 0.1) is 6.92 Å². The molecule has 0 saturated carbocycles. The van der Waals surface area contributed by atoms with Gasteiger partial charge >= 0.3 is 0 Å². The number of nitrogens with zero attached hydrogens (tertiary/aromatic N) is 4. The Morgan fingerprint density at radius 1 is 1.35 bits per heavy atom. The first-order valence-electron chi connectivity index (χ1n) is 7.91. The van der Waals surface area contributed by atoms with Gasteiger partial charge < -0.3 is 4.90 Å². The van der Waals surface area contributed by atoms with E-state index >= 15 is 0 Å². The zero-order chi connectivity index (χ0) is 17.0. The molecule has 5 nitrogen and oxygen atoms in total. The smallest absolute Gasteiger partial charge is 0.244 e. The van der Waals surface area contributed by atoms with Crippen LogP contribution in [0.4, 0.5) is 0 Å². The Hall–Kier alpha value is -2.14. The normalized spacial score (nSPS) is 12.4. The number of hydrogen-bond acceptors (Lipinski definition) is 3. The largest absolute Gasteiger partial charge is 0.337 e. The summed E-state index contributed by atoms with van der Waals surface area (Å²) in [6, 6.07) is 7.89. The Labute approximate surface area is 138 Å². The van der Waals surface area contributed by atoms with Crippen molar-refractivity contribution < 1.29 is 4.79 Å². The van der Waals surface area contributed by atoms with Gasteiger partial charge in [0, 0.05) is 31.9 Å². The Bertz CT molecular complexity index is 663. The second kappa shape index (κ2) is 7.42. The van der Waals surface area contributed by atoms with Gasteiger partial charge in [-0.15, -0.1) is 0 Å². The van der Waals surface area contributed by atoms with Crippen LogP contribution < -0.4 is 0 Å². The van der Waals surface area contributed by atoms with Crippen LogP contribution in [0.2, 0.25) is 0 Å². The number of hydrogen-bond donors (Lipinski definition) is 0. The van der Waals surface area contributed by atoms with E-state index in [2.05, 4.69) is 11.2 Å². The summed E-state index contributed by atoms with van der Waals surface area (Å²) in [4.78, 5) is 17.0. The van der Waals surface area contributed by atoms with E-state index < -0.39 is 0 Å². The molecule has 2 aromatic rings. The summed E-state index contributed by atoms with van der Waals surface area (Å²) in [6.07, 6.45) is 3.76. The van der Waals surface area contributed by atoms with Gasteiger partial charge in [-0.3, -0.25) is 14.4 Å². The molecule has 5 heteroatoms. The van der Waals surface area contributed by atoms with Gasteiger partial charge in [0.2, 0.25) is 5.91 Å². The number of carbonyl (C=O) groups excluding carboxylic acids is 1. The third-order valence-corrected chi connectivity index (χ3v) is 3.93. The van der Waals surface area contributed by atoms with E-state index in [0.29, 0.717) is 13.1 Å². The number of aryl methyl sites for hydroxylation is 2. The minimum Gasteiger partial charge on any atom is -0.337 e. The van der Waals surface area contributed by atoms with Crippen molar-refractivity contribution >= 4 is 5.91 Å². The lowest BCUT2D eigenvalue weighted by atomic mass is 10.0. The fourth-order valence-corrected chi connectivity index (χ4v) is 2.79. The molecule has 0 N–H and O–H groups in total. The standard InChI is InChI=1S/C18H26N4O/c1-6-22(13-15-11-19-21(5)12-15)18(23)17(20(3)4)16-9-7-8-14(2)10-16/h7-12,17H,6,13H2,1-5H3/t17-/m0/s1. The molecule has 0 bridgehead atoms. The molecule has 0 saturated heterocycles. The lowest BCUT2D eigenvalue weighted by Crippen LogP contribution is -2.40. The molecule has 0 aliphatic rings. The predicted molar refractivity (Wildman–Crippen MR) is 91.9 cm³/mol. The van der Waals surface area contributed by atoms with Crippen LogP contribution in [0.15, 0.2) is 36.7 Å². The molecule has 0 aliphatic carbocycles. The first-order chi connectivity index (χ1) is 10.9. The van der Waals surface area contributed by atoms with Crippen molar-refractivity contribution in [2.24, 2.45) is 7.05 Å². The van der Waals surface area contributed by atoms with Crippen molar-refractivity contribution in [3.63, 3.8) is 0 Å². The van der Waals surface area contributed by atoms with Crippen LogP contribution in [0.3, 0.4) is 0 Å². The summed E-state index contributed by atoms with van der Waals surface area (Å²) < 4.78 is 1.76. The molecule has 0 aliphatic heterocycles. The van der Waals surface area contributed by atoms with Crippen LogP contribution >= 0.6 is 0 Å². The first kappa shape index (κ1) is 17.2. The zero-order valence-electron chi connectivity index (χ0n) is 14.7. The average Bonchev–Trinajstić information content (AvgIpc) is 2.90. The van der Waals surface area contributed by atoms with Gasteiger partial charge in [0.25, 0.3) is 0 Å². The van der Waals surface area contributed by atoms with Crippen molar-refractivity contribution in [1.29, 1.82) is 0 Å². The highest BCUT2D eigenvalue weighted by molar-refractivity contribution is 5.83. The number of carbonyl (C=O) groups is 1. The molecule has 1 heterocycles. The van der Waals surface area contributed by atoms with E-state index in [0.717, 1.165) is 16.7 Å². The van der Waals surface area contributed by atoms with E-state index in [4.69, 9.17) is 0 Å².